The quantitative estimate of drug-likeness (QED) is 0.768. The number of aromatic amines is 1. The van der Waals surface area contributed by atoms with E-state index in [1.165, 1.54) is 11.3 Å². The maximum Gasteiger partial charge on any atom is 0.167 e. The number of rotatable bonds is 4. The van der Waals surface area contributed by atoms with Gasteiger partial charge in [0.2, 0.25) is 0 Å². The molecule has 4 heteroatoms. The molecule has 130 valence electrons. The zero-order valence-corrected chi connectivity index (χ0v) is 14.7. The normalized spacial score (nSPS) is 17.0. The Morgan fingerprint density at radius 3 is 2.76 bits per heavy atom. The number of hydrogen-bond acceptors (Lipinski definition) is 2. The largest absolute Gasteiger partial charge is 0.486 e. The van der Waals surface area contributed by atoms with E-state index in [-0.39, 0.29) is 5.82 Å². The second-order valence-electron chi connectivity index (χ2n) is 7.04. The topological polar surface area (TPSA) is 28.3 Å². The lowest BCUT2D eigenvalue weighted by atomic mass is 9.91. The van der Waals surface area contributed by atoms with E-state index >= 15 is 0 Å². The molecule has 1 unspecified atom stereocenters. The number of benzene rings is 2. The van der Waals surface area contributed by atoms with Crippen molar-refractivity contribution >= 4 is 10.9 Å². The smallest absolute Gasteiger partial charge is 0.167 e. The SMILES string of the molecule is CN(C)C1CCc2[nH]c3cc(F)c(OCc4ccccc4)cc3c2C1. The first-order valence-electron chi connectivity index (χ1n) is 8.78. The molecular formula is C21H23FN2O. The highest BCUT2D eigenvalue weighted by molar-refractivity contribution is 5.86. The summed E-state index contributed by atoms with van der Waals surface area (Å²) in [6.07, 6.45) is 3.13. The molecule has 0 spiro atoms. The van der Waals surface area contributed by atoms with Crippen molar-refractivity contribution in [1.29, 1.82) is 0 Å². The van der Waals surface area contributed by atoms with Crippen LogP contribution in [-0.2, 0) is 19.4 Å². The summed E-state index contributed by atoms with van der Waals surface area (Å²) in [5.74, 6) is 0.0105. The Labute approximate surface area is 147 Å². The standard InChI is InChI=1S/C21H23FN2O/c1-24(2)15-8-9-19-16(10-15)17-11-21(18(22)12-20(17)23-19)25-13-14-6-4-3-5-7-14/h3-7,11-12,15,23H,8-10,13H2,1-2H3. The Morgan fingerprint density at radius 1 is 1.20 bits per heavy atom. The minimum Gasteiger partial charge on any atom is -0.486 e. The van der Waals surface area contributed by atoms with Gasteiger partial charge < -0.3 is 14.6 Å². The van der Waals surface area contributed by atoms with Crippen LogP contribution in [0.25, 0.3) is 10.9 Å². The van der Waals surface area contributed by atoms with Crippen molar-refractivity contribution in [2.45, 2.75) is 31.9 Å². The van der Waals surface area contributed by atoms with E-state index in [2.05, 4.69) is 24.0 Å². The summed E-state index contributed by atoms with van der Waals surface area (Å²) in [5.41, 5.74) is 4.46. The minimum atomic E-state index is -0.314. The zero-order valence-electron chi connectivity index (χ0n) is 14.7. The van der Waals surface area contributed by atoms with Gasteiger partial charge in [-0.15, -0.1) is 0 Å². The van der Waals surface area contributed by atoms with Crippen LogP contribution in [0.1, 0.15) is 23.2 Å². The highest BCUT2D eigenvalue weighted by Gasteiger charge is 2.24. The number of fused-ring (bicyclic) bond motifs is 3. The number of nitrogens with zero attached hydrogens (tertiary/aromatic N) is 1. The lowest BCUT2D eigenvalue weighted by Crippen LogP contribution is -2.33. The number of nitrogens with one attached hydrogen (secondary N) is 1. The molecule has 3 nitrogen and oxygen atoms in total. The molecule has 3 aromatic rings. The van der Waals surface area contributed by atoms with Crippen LogP contribution in [0, 0.1) is 5.82 Å². The van der Waals surface area contributed by atoms with Crippen LogP contribution < -0.4 is 4.74 Å². The molecule has 1 heterocycles. The van der Waals surface area contributed by atoms with Gasteiger partial charge in [-0.25, -0.2) is 4.39 Å². The maximum atomic E-state index is 14.4. The highest BCUT2D eigenvalue weighted by atomic mass is 19.1. The summed E-state index contributed by atoms with van der Waals surface area (Å²) in [6, 6.07) is 13.8. The number of H-pyrrole nitrogens is 1. The van der Waals surface area contributed by atoms with E-state index in [1.54, 1.807) is 6.07 Å². The number of likely N-dealkylation sites (N-methyl/N-ethyl adjacent to an activating group) is 1. The number of ether oxygens (including phenoxy) is 1. The predicted octanol–water partition coefficient (Wildman–Crippen LogP) is 4.30. The van der Waals surface area contributed by atoms with Crippen molar-refractivity contribution in [1.82, 2.24) is 9.88 Å². The summed E-state index contributed by atoms with van der Waals surface area (Å²) in [5, 5.41) is 1.09. The number of hydrogen-bond donors (Lipinski definition) is 1. The summed E-state index contributed by atoms with van der Waals surface area (Å²) >= 11 is 0. The molecule has 1 aliphatic carbocycles. The Hall–Kier alpha value is -2.33. The first kappa shape index (κ1) is 16.2. The van der Waals surface area contributed by atoms with Crippen molar-refractivity contribution < 1.29 is 9.13 Å². The van der Waals surface area contributed by atoms with Gasteiger partial charge in [-0.3, -0.25) is 0 Å². The number of aryl methyl sites for hydroxylation is 1. The van der Waals surface area contributed by atoms with E-state index in [0.29, 0.717) is 18.4 Å². The van der Waals surface area contributed by atoms with Gasteiger partial charge in [0.1, 0.15) is 6.61 Å². The van der Waals surface area contributed by atoms with Crippen LogP contribution in [0.2, 0.25) is 0 Å². The predicted molar refractivity (Wildman–Crippen MR) is 98.5 cm³/mol. The van der Waals surface area contributed by atoms with Crippen molar-refractivity contribution in [3.63, 3.8) is 0 Å². The summed E-state index contributed by atoms with van der Waals surface area (Å²) in [6.45, 7) is 0.371. The molecule has 2 aromatic carbocycles. The fraction of sp³-hybridized carbons (Fsp3) is 0.333. The fourth-order valence-electron chi connectivity index (χ4n) is 3.69. The van der Waals surface area contributed by atoms with E-state index in [0.717, 1.165) is 35.7 Å². The molecule has 1 aromatic heterocycles. The van der Waals surface area contributed by atoms with Crippen LogP contribution in [0.15, 0.2) is 42.5 Å². The van der Waals surface area contributed by atoms with Crippen molar-refractivity contribution in [3.8, 4) is 5.75 Å². The highest BCUT2D eigenvalue weighted by Crippen LogP contribution is 2.34. The Morgan fingerprint density at radius 2 is 2.00 bits per heavy atom. The summed E-state index contributed by atoms with van der Waals surface area (Å²) in [4.78, 5) is 5.68. The molecule has 1 aliphatic rings. The van der Waals surface area contributed by atoms with Crippen molar-refractivity contribution in [2.24, 2.45) is 0 Å². The van der Waals surface area contributed by atoms with E-state index < -0.39 is 0 Å². The molecule has 25 heavy (non-hydrogen) atoms. The fourth-order valence-corrected chi connectivity index (χ4v) is 3.69. The molecule has 0 bridgehead atoms. The monoisotopic (exact) mass is 338 g/mol. The van der Waals surface area contributed by atoms with Gasteiger partial charge in [0.25, 0.3) is 0 Å². The second kappa shape index (κ2) is 6.52. The minimum absolute atomic E-state index is 0.314. The van der Waals surface area contributed by atoms with Crippen LogP contribution in [0.3, 0.4) is 0 Å². The average molecular weight is 338 g/mol. The summed E-state index contributed by atoms with van der Waals surface area (Å²) < 4.78 is 20.2. The number of aromatic nitrogens is 1. The van der Waals surface area contributed by atoms with Gasteiger partial charge in [0.05, 0.1) is 0 Å². The van der Waals surface area contributed by atoms with Crippen LogP contribution in [-0.4, -0.2) is 30.0 Å². The third-order valence-corrected chi connectivity index (χ3v) is 5.18. The van der Waals surface area contributed by atoms with Crippen molar-refractivity contribution in [3.05, 3.63) is 65.1 Å². The van der Waals surface area contributed by atoms with Gasteiger partial charge in [0.15, 0.2) is 11.6 Å². The average Bonchev–Trinajstić information content (AvgIpc) is 2.97. The van der Waals surface area contributed by atoms with Crippen molar-refractivity contribution in [2.75, 3.05) is 14.1 Å². The molecular weight excluding hydrogens is 315 g/mol. The second-order valence-corrected chi connectivity index (χ2v) is 7.04. The molecule has 0 saturated carbocycles. The lowest BCUT2D eigenvalue weighted by Gasteiger charge is -2.28. The van der Waals surface area contributed by atoms with E-state index in [1.807, 2.05) is 36.4 Å². The molecule has 0 saturated heterocycles. The molecule has 1 atom stereocenters. The molecule has 1 N–H and O–H groups in total. The maximum absolute atomic E-state index is 14.4. The summed E-state index contributed by atoms with van der Waals surface area (Å²) in [7, 11) is 4.25. The molecule has 0 aliphatic heterocycles. The number of halogens is 1. The zero-order chi connectivity index (χ0) is 17.4. The van der Waals surface area contributed by atoms with Gasteiger partial charge in [-0.2, -0.15) is 0 Å². The van der Waals surface area contributed by atoms with Gasteiger partial charge in [-0.05, 0) is 50.6 Å². The lowest BCUT2D eigenvalue weighted by molar-refractivity contribution is 0.268. The van der Waals surface area contributed by atoms with Gasteiger partial charge in [0, 0.05) is 28.7 Å². The van der Waals surface area contributed by atoms with E-state index in [9.17, 15) is 4.39 Å². The Kier molecular flexibility index (Phi) is 4.22. The Balaban J connectivity index is 1.65. The third-order valence-electron chi connectivity index (χ3n) is 5.18. The first-order chi connectivity index (χ1) is 12.1. The van der Waals surface area contributed by atoms with Gasteiger partial charge in [-0.1, -0.05) is 30.3 Å². The first-order valence-corrected chi connectivity index (χ1v) is 8.78. The molecule has 0 radical (unpaired) electrons. The van der Waals surface area contributed by atoms with Crippen LogP contribution >= 0.6 is 0 Å². The molecule has 4 rings (SSSR count). The van der Waals surface area contributed by atoms with E-state index in [4.69, 9.17) is 4.74 Å². The van der Waals surface area contributed by atoms with Crippen LogP contribution in [0.4, 0.5) is 4.39 Å². The molecule has 0 amide bonds. The third kappa shape index (κ3) is 3.14. The van der Waals surface area contributed by atoms with Crippen LogP contribution in [0.5, 0.6) is 5.75 Å². The molecule has 0 fully saturated rings. The van der Waals surface area contributed by atoms with Gasteiger partial charge >= 0.3 is 0 Å². The Bertz CT molecular complexity index is 886.